The lowest BCUT2D eigenvalue weighted by atomic mass is 10.2. The molecule has 0 fully saturated rings. The molecule has 8 nitrogen and oxygen atoms in total. The normalized spacial score (nSPS) is 11.1. The first-order chi connectivity index (χ1) is 10.6. The SMILES string of the molecule is CC(C)(C)OC(=O)CCCSc1ccc([N+](=O)[O-])c([N+](=O)[O-])c1. The van der Waals surface area contributed by atoms with Crippen LogP contribution in [0.25, 0.3) is 0 Å². The Morgan fingerprint density at radius 2 is 1.78 bits per heavy atom. The molecule has 0 amide bonds. The molecule has 1 rings (SSSR count). The van der Waals surface area contributed by atoms with Crippen molar-refractivity contribution in [3.8, 4) is 0 Å². The zero-order valence-electron chi connectivity index (χ0n) is 13.1. The summed E-state index contributed by atoms with van der Waals surface area (Å²) in [5, 5.41) is 21.6. The molecule has 0 saturated carbocycles. The van der Waals surface area contributed by atoms with Gasteiger partial charge in [-0.25, -0.2) is 0 Å². The van der Waals surface area contributed by atoms with Gasteiger partial charge in [-0.2, -0.15) is 0 Å². The van der Waals surface area contributed by atoms with Crippen molar-refractivity contribution in [3.63, 3.8) is 0 Å². The third-order valence-corrected chi connectivity index (χ3v) is 3.63. The van der Waals surface area contributed by atoms with Crippen molar-refractivity contribution >= 4 is 29.1 Å². The van der Waals surface area contributed by atoms with Crippen molar-refractivity contribution in [2.24, 2.45) is 0 Å². The molecule has 0 aliphatic carbocycles. The van der Waals surface area contributed by atoms with E-state index >= 15 is 0 Å². The molecule has 1 aromatic carbocycles. The zero-order chi connectivity index (χ0) is 17.6. The Bertz CT molecular complexity index is 612. The Labute approximate surface area is 137 Å². The number of carbonyl (C=O) groups excluding carboxylic acids is 1. The molecule has 0 aliphatic rings. The number of hydrogen-bond acceptors (Lipinski definition) is 7. The second-order valence-electron chi connectivity index (χ2n) is 5.70. The summed E-state index contributed by atoms with van der Waals surface area (Å²) in [4.78, 5) is 32.1. The van der Waals surface area contributed by atoms with Crippen molar-refractivity contribution in [3.05, 3.63) is 38.4 Å². The molecule has 0 aromatic heterocycles. The molecule has 0 N–H and O–H groups in total. The predicted octanol–water partition coefficient (Wildman–Crippen LogP) is 3.72. The number of ether oxygens (including phenoxy) is 1. The fraction of sp³-hybridized carbons (Fsp3) is 0.500. The van der Waals surface area contributed by atoms with Gasteiger partial charge < -0.3 is 4.74 Å². The summed E-state index contributed by atoms with van der Waals surface area (Å²) in [6.45, 7) is 5.36. The lowest BCUT2D eigenvalue weighted by molar-refractivity contribution is -0.422. The summed E-state index contributed by atoms with van der Waals surface area (Å²) in [7, 11) is 0. The maximum absolute atomic E-state index is 11.5. The van der Waals surface area contributed by atoms with Crippen LogP contribution in [0, 0.1) is 20.2 Å². The number of nitro benzene ring substituents is 2. The van der Waals surface area contributed by atoms with E-state index in [4.69, 9.17) is 4.74 Å². The molecule has 0 heterocycles. The second-order valence-corrected chi connectivity index (χ2v) is 6.87. The highest BCUT2D eigenvalue weighted by molar-refractivity contribution is 7.99. The van der Waals surface area contributed by atoms with Gasteiger partial charge in [-0.1, -0.05) is 0 Å². The minimum Gasteiger partial charge on any atom is -0.460 e. The molecule has 0 bridgehead atoms. The van der Waals surface area contributed by atoms with Crippen LogP contribution in [0.5, 0.6) is 0 Å². The lowest BCUT2D eigenvalue weighted by Gasteiger charge is -2.19. The number of benzene rings is 1. The number of thioether (sulfide) groups is 1. The van der Waals surface area contributed by atoms with Gasteiger partial charge >= 0.3 is 17.3 Å². The standard InChI is InChI=1S/C14H18N2O6S/c1-14(2,3)22-13(17)5-4-8-23-10-6-7-11(15(18)19)12(9-10)16(20)21/h6-7,9H,4-5,8H2,1-3H3. The van der Waals surface area contributed by atoms with Gasteiger partial charge in [0.1, 0.15) is 5.60 Å². The van der Waals surface area contributed by atoms with E-state index in [9.17, 15) is 25.0 Å². The fourth-order valence-electron chi connectivity index (χ4n) is 1.69. The largest absolute Gasteiger partial charge is 0.460 e. The van der Waals surface area contributed by atoms with E-state index in [0.29, 0.717) is 17.1 Å². The monoisotopic (exact) mass is 342 g/mol. The van der Waals surface area contributed by atoms with Crippen LogP contribution in [-0.2, 0) is 9.53 Å². The van der Waals surface area contributed by atoms with Crippen LogP contribution in [0.1, 0.15) is 33.6 Å². The van der Waals surface area contributed by atoms with E-state index in [-0.39, 0.29) is 12.4 Å². The number of rotatable bonds is 7. The second kappa shape index (κ2) is 7.91. The highest BCUT2D eigenvalue weighted by atomic mass is 32.2. The van der Waals surface area contributed by atoms with Gasteiger partial charge in [0.15, 0.2) is 0 Å². The van der Waals surface area contributed by atoms with Gasteiger partial charge in [0, 0.05) is 23.4 Å². The lowest BCUT2D eigenvalue weighted by Crippen LogP contribution is -2.23. The van der Waals surface area contributed by atoms with E-state index < -0.39 is 26.8 Å². The Balaban J connectivity index is 2.56. The topological polar surface area (TPSA) is 113 Å². The van der Waals surface area contributed by atoms with Crippen molar-refractivity contribution in [2.75, 3.05) is 5.75 Å². The third kappa shape index (κ3) is 6.64. The highest BCUT2D eigenvalue weighted by Crippen LogP contribution is 2.31. The minimum atomic E-state index is -0.783. The van der Waals surface area contributed by atoms with Crippen molar-refractivity contribution in [1.82, 2.24) is 0 Å². The third-order valence-electron chi connectivity index (χ3n) is 2.55. The maximum Gasteiger partial charge on any atom is 0.347 e. The van der Waals surface area contributed by atoms with Crippen LogP contribution in [0.2, 0.25) is 0 Å². The molecule has 0 atom stereocenters. The summed E-state index contributed by atoms with van der Waals surface area (Å²) in [5.74, 6) is 0.251. The summed E-state index contributed by atoms with van der Waals surface area (Å²) in [5.41, 5.74) is -1.59. The van der Waals surface area contributed by atoms with Gasteiger partial charge in [0.2, 0.25) is 0 Å². The Kier molecular flexibility index (Phi) is 6.49. The first-order valence-corrected chi connectivity index (χ1v) is 7.86. The number of hydrogen-bond donors (Lipinski definition) is 0. The minimum absolute atomic E-state index is 0.249. The fourth-order valence-corrected chi connectivity index (χ4v) is 2.58. The van der Waals surface area contributed by atoms with E-state index in [0.717, 1.165) is 6.07 Å². The first kappa shape index (κ1) is 18.9. The van der Waals surface area contributed by atoms with Crippen molar-refractivity contribution < 1.29 is 19.4 Å². The number of esters is 1. The van der Waals surface area contributed by atoms with Crippen LogP contribution in [-0.4, -0.2) is 27.2 Å². The number of nitro groups is 2. The highest BCUT2D eigenvalue weighted by Gasteiger charge is 2.24. The van der Waals surface area contributed by atoms with Crippen molar-refractivity contribution in [2.45, 2.75) is 44.1 Å². The molecule has 0 saturated heterocycles. The summed E-state index contributed by atoms with van der Waals surface area (Å²) in [6.07, 6.45) is 0.795. The molecule has 126 valence electrons. The Morgan fingerprint density at radius 3 is 2.30 bits per heavy atom. The van der Waals surface area contributed by atoms with Crippen LogP contribution in [0.4, 0.5) is 11.4 Å². The van der Waals surface area contributed by atoms with E-state index in [1.165, 1.54) is 23.9 Å². The van der Waals surface area contributed by atoms with E-state index in [1.807, 2.05) is 0 Å². The van der Waals surface area contributed by atoms with Gasteiger partial charge in [-0.3, -0.25) is 25.0 Å². The molecular weight excluding hydrogens is 324 g/mol. The Hall–Kier alpha value is -2.16. The van der Waals surface area contributed by atoms with Crippen LogP contribution < -0.4 is 0 Å². The average molecular weight is 342 g/mol. The smallest absolute Gasteiger partial charge is 0.347 e. The predicted molar refractivity (Wildman–Crippen MR) is 85.6 cm³/mol. The quantitative estimate of drug-likeness (QED) is 0.244. The van der Waals surface area contributed by atoms with Gasteiger partial charge in [0.25, 0.3) is 0 Å². The molecule has 9 heteroatoms. The molecule has 0 radical (unpaired) electrons. The summed E-state index contributed by atoms with van der Waals surface area (Å²) >= 11 is 1.30. The molecule has 0 unspecified atom stereocenters. The van der Waals surface area contributed by atoms with Crippen molar-refractivity contribution in [1.29, 1.82) is 0 Å². The average Bonchev–Trinajstić information content (AvgIpc) is 2.41. The maximum atomic E-state index is 11.5. The van der Waals surface area contributed by atoms with Gasteiger partial charge in [0.05, 0.1) is 9.85 Å². The Morgan fingerprint density at radius 1 is 1.17 bits per heavy atom. The van der Waals surface area contributed by atoms with E-state index in [2.05, 4.69) is 0 Å². The van der Waals surface area contributed by atoms with Crippen LogP contribution in [0.3, 0.4) is 0 Å². The number of nitrogens with zero attached hydrogens (tertiary/aromatic N) is 2. The molecular formula is C14H18N2O6S. The zero-order valence-corrected chi connectivity index (χ0v) is 13.9. The number of carbonyl (C=O) groups is 1. The summed E-state index contributed by atoms with van der Waals surface area (Å²) < 4.78 is 5.17. The molecule has 1 aromatic rings. The first-order valence-electron chi connectivity index (χ1n) is 6.87. The summed E-state index contributed by atoms with van der Waals surface area (Å²) in [6, 6.07) is 3.76. The van der Waals surface area contributed by atoms with Gasteiger partial charge in [-0.15, -0.1) is 11.8 Å². The van der Waals surface area contributed by atoms with Crippen LogP contribution in [0.15, 0.2) is 23.1 Å². The molecule has 0 spiro atoms. The van der Waals surface area contributed by atoms with E-state index in [1.54, 1.807) is 20.8 Å². The van der Waals surface area contributed by atoms with Gasteiger partial charge in [-0.05, 0) is 39.0 Å². The van der Waals surface area contributed by atoms with Crippen LogP contribution >= 0.6 is 11.8 Å². The molecule has 23 heavy (non-hydrogen) atoms. The molecule has 0 aliphatic heterocycles.